The Kier molecular flexibility index (Phi) is 6.62. The monoisotopic (exact) mass is 576 g/mol. The molecule has 200 valence electrons. The highest BCUT2D eigenvalue weighted by Gasteiger charge is 2.38. The molecule has 2 aliphatic rings. The zero-order chi connectivity index (χ0) is 28.0. The van der Waals surface area contributed by atoms with Gasteiger partial charge in [-0.25, -0.2) is 9.37 Å². The first-order chi connectivity index (χ1) is 19.2. The maximum Gasteiger partial charge on any atom is 0.231 e. The van der Waals surface area contributed by atoms with Crippen LogP contribution in [0.15, 0.2) is 66.8 Å². The van der Waals surface area contributed by atoms with Gasteiger partial charge in [0.2, 0.25) is 5.95 Å². The van der Waals surface area contributed by atoms with Crippen molar-refractivity contribution in [1.82, 2.24) is 25.9 Å². The lowest BCUT2D eigenvalue weighted by Gasteiger charge is -2.34. The fourth-order valence-corrected chi connectivity index (χ4v) is 5.12. The molecule has 1 atom stereocenters. The van der Waals surface area contributed by atoms with E-state index in [1.165, 1.54) is 30.6 Å². The highest BCUT2D eigenvalue weighted by molar-refractivity contribution is 6.36. The summed E-state index contributed by atoms with van der Waals surface area (Å²) in [6.45, 7) is 0. The number of benzene rings is 2. The van der Waals surface area contributed by atoms with Crippen LogP contribution < -0.4 is 21.6 Å². The van der Waals surface area contributed by atoms with E-state index >= 15 is 0 Å². The topological polar surface area (TPSA) is 101 Å². The molecule has 1 fully saturated rings. The molecule has 1 unspecified atom stereocenters. The second-order valence-corrected chi connectivity index (χ2v) is 10.6. The molecule has 40 heavy (non-hydrogen) atoms. The van der Waals surface area contributed by atoms with Crippen LogP contribution in [0, 0.1) is 23.1 Å². The zero-order valence-corrected chi connectivity index (χ0v) is 22.6. The molecule has 0 bridgehead atoms. The first-order valence-corrected chi connectivity index (χ1v) is 13.2. The van der Waals surface area contributed by atoms with Crippen LogP contribution >= 0.6 is 23.2 Å². The summed E-state index contributed by atoms with van der Waals surface area (Å²) in [4.78, 5) is 8.05. The average molecular weight is 577 g/mol. The standard InChI is InChI=1S/C27H21BCl2F2N8/c28-27(15-1-3-16(31)4-2-15,23-13-40(39-38-23)19-5-6-19)37-17-7-20-24(36-18-9-22(30)26(32)35-12-18)14(10-33)11-34-25(20)21(29)8-17/h1-4,7-9,11-13,19,37-39H,5-6,28H2,(H,34,36). The summed E-state index contributed by atoms with van der Waals surface area (Å²) in [6.07, 6.45) is 6.89. The molecule has 8 nitrogen and oxygen atoms in total. The number of hydrazine groups is 2. The smallest absolute Gasteiger partial charge is 0.231 e. The third-order valence-corrected chi connectivity index (χ3v) is 7.55. The SMILES string of the molecule is BC(Nc1cc(Cl)c2ncc(C#N)c(Nc3cnc(F)c(Cl)c3)c2c1)(C1=CN(C2CC2)NN1)c1ccc(F)cc1. The lowest BCUT2D eigenvalue weighted by molar-refractivity contribution is 0.260. The van der Waals surface area contributed by atoms with Gasteiger partial charge < -0.3 is 16.1 Å². The summed E-state index contributed by atoms with van der Waals surface area (Å²) in [5, 5.41) is 19.3. The van der Waals surface area contributed by atoms with Crippen molar-refractivity contribution in [3.05, 3.63) is 99.7 Å². The predicted molar refractivity (Wildman–Crippen MR) is 153 cm³/mol. The Morgan fingerprint density at radius 1 is 1.05 bits per heavy atom. The number of nitrogens with zero attached hydrogens (tertiary/aromatic N) is 4. The van der Waals surface area contributed by atoms with Crippen LogP contribution in [0.25, 0.3) is 10.9 Å². The second kappa shape index (κ2) is 10.1. The van der Waals surface area contributed by atoms with Gasteiger partial charge in [-0.3, -0.25) is 9.99 Å². The Labute approximate surface area is 239 Å². The summed E-state index contributed by atoms with van der Waals surface area (Å²) in [7, 11) is 1.98. The summed E-state index contributed by atoms with van der Waals surface area (Å²) in [6, 6.07) is 13.8. The number of fused-ring (bicyclic) bond motifs is 1. The van der Waals surface area contributed by atoms with E-state index in [9.17, 15) is 14.0 Å². The second-order valence-electron chi connectivity index (χ2n) is 9.81. The highest BCUT2D eigenvalue weighted by atomic mass is 35.5. The van der Waals surface area contributed by atoms with Gasteiger partial charge >= 0.3 is 0 Å². The van der Waals surface area contributed by atoms with Gasteiger partial charge in [0, 0.05) is 29.5 Å². The molecular weight excluding hydrogens is 556 g/mol. The molecule has 1 aliphatic heterocycles. The number of anilines is 3. The molecule has 0 spiro atoms. The lowest BCUT2D eigenvalue weighted by atomic mass is 9.69. The Hall–Kier alpha value is -4.11. The van der Waals surface area contributed by atoms with Gasteiger partial charge in [0.1, 0.15) is 19.7 Å². The van der Waals surface area contributed by atoms with Gasteiger partial charge in [-0.2, -0.15) is 9.65 Å². The minimum atomic E-state index is -0.844. The van der Waals surface area contributed by atoms with Crippen molar-refractivity contribution < 1.29 is 8.78 Å². The van der Waals surface area contributed by atoms with Crippen molar-refractivity contribution in [2.24, 2.45) is 0 Å². The summed E-state index contributed by atoms with van der Waals surface area (Å²) < 4.78 is 27.5. The van der Waals surface area contributed by atoms with Crippen LogP contribution in [-0.2, 0) is 5.44 Å². The fraction of sp³-hybridized carbons (Fsp3) is 0.148. The molecule has 4 aromatic rings. The molecule has 0 saturated heterocycles. The van der Waals surface area contributed by atoms with Crippen molar-refractivity contribution in [3.8, 4) is 6.07 Å². The molecule has 3 heterocycles. The van der Waals surface area contributed by atoms with Crippen LogP contribution in [0.5, 0.6) is 0 Å². The van der Waals surface area contributed by atoms with Crippen molar-refractivity contribution in [2.75, 3.05) is 10.6 Å². The number of pyridine rings is 2. The van der Waals surface area contributed by atoms with Gasteiger partial charge in [-0.05, 0) is 48.7 Å². The van der Waals surface area contributed by atoms with Gasteiger partial charge in [-0.1, -0.05) is 35.3 Å². The van der Waals surface area contributed by atoms with E-state index in [0.717, 1.165) is 24.1 Å². The number of hydrogen-bond donors (Lipinski definition) is 4. The van der Waals surface area contributed by atoms with Crippen LogP contribution in [0.1, 0.15) is 24.0 Å². The molecule has 13 heteroatoms. The summed E-state index contributed by atoms with van der Waals surface area (Å²) >= 11 is 12.6. The Bertz CT molecular complexity index is 1710. The summed E-state index contributed by atoms with van der Waals surface area (Å²) in [5.41, 5.74) is 9.33. The van der Waals surface area contributed by atoms with E-state index in [0.29, 0.717) is 39.0 Å². The minimum absolute atomic E-state index is 0.163. The molecule has 1 saturated carbocycles. The normalized spacial score (nSPS) is 16.2. The molecule has 0 radical (unpaired) electrons. The molecule has 4 N–H and O–H groups in total. The fourth-order valence-electron chi connectivity index (χ4n) is 4.68. The Morgan fingerprint density at radius 3 is 2.50 bits per heavy atom. The number of nitriles is 1. The van der Waals surface area contributed by atoms with Crippen molar-refractivity contribution in [1.29, 1.82) is 5.26 Å². The lowest BCUT2D eigenvalue weighted by Crippen LogP contribution is -2.45. The predicted octanol–water partition coefficient (Wildman–Crippen LogP) is 5.06. The minimum Gasteiger partial charge on any atom is -0.378 e. The number of rotatable bonds is 7. The van der Waals surface area contributed by atoms with Crippen LogP contribution in [0.2, 0.25) is 10.0 Å². The Morgan fingerprint density at radius 2 is 1.80 bits per heavy atom. The van der Waals surface area contributed by atoms with E-state index in [1.54, 1.807) is 18.2 Å². The van der Waals surface area contributed by atoms with Crippen LogP contribution in [-0.4, -0.2) is 28.9 Å². The molecule has 6 rings (SSSR count). The first-order valence-electron chi connectivity index (χ1n) is 12.4. The van der Waals surface area contributed by atoms with Crippen LogP contribution in [0.4, 0.5) is 25.8 Å². The maximum atomic E-state index is 13.9. The van der Waals surface area contributed by atoms with E-state index in [4.69, 9.17) is 23.2 Å². The Balaban J connectivity index is 1.45. The molecule has 2 aromatic heterocycles. The van der Waals surface area contributed by atoms with Gasteiger partial charge in [0.15, 0.2) is 0 Å². The largest absolute Gasteiger partial charge is 0.378 e. The van der Waals surface area contributed by atoms with E-state index in [1.807, 2.05) is 25.1 Å². The highest BCUT2D eigenvalue weighted by Crippen LogP contribution is 2.39. The van der Waals surface area contributed by atoms with Crippen molar-refractivity contribution >= 4 is 59.0 Å². The molecule has 2 aromatic carbocycles. The molecule has 0 amide bonds. The summed E-state index contributed by atoms with van der Waals surface area (Å²) in [5.74, 6) is -1.14. The number of aromatic nitrogens is 2. The van der Waals surface area contributed by atoms with E-state index < -0.39 is 11.4 Å². The van der Waals surface area contributed by atoms with E-state index in [-0.39, 0.29) is 16.4 Å². The van der Waals surface area contributed by atoms with E-state index in [2.05, 4.69) is 37.6 Å². The zero-order valence-electron chi connectivity index (χ0n) is 21.1. The number of nitrogens with one attached hydrogen (secondary N) is 4. The van der Waals surface area contributed by atoms with Gasteiger partial charge in [0.05, 0.1) is 49.8 Å². The van der Waals surface area contributed by atoms with Gasteiger partial charge in [-0.15, -0.1) is 5.53 Å². The number of hydrogen-bond acceptors (Lipinski definition) is 8. The molecular formula is C27H21BCl2F2N8. The maximum absolute atomic E-state index is 13.9. The van der Waals surface area contributed by atoms with Gasteiger partial charge in [0.25, 0.3) is 0 Å². The van der Waals surface area contributed by atoms with Crippen molar-refractivity contribution in [3.63, 3.8) is 0 Å². The first kappa shape index (κ1) is 26.1. The quantitative estimate of drug-likeness (QED) is 0.179. The van der Waals surface area contributed by atoms with Crippen LogP contribution in [0.3, 0.4) is 0 Å². The number of halogens is 4. The van der Waals surface area contributed by atoms with Crippen molar-refractivity contribution in [2.45, 2.75) is 24.3 Å². The molecule has 1 aliphatic carbocycles. The average Bonchev–Trinajstić information content (AvgIpc) is 3.67. The third kappa shape index (κ3) is 4.86. The third-order valence-electron chi connectivity index (χ3n) is 6.99.